The number of carbonyl (C=O) groups excluding carboxylic acids is 1. The number of sulfone groups is 1. The molecule has 20 heavy (non-hydrogen) atoms. The number of nitrogens with one attached hydrogen (secondary N) is 1. The van der Waals surface area contributed by atoms with E-state index in [9.17, 15) is 18.0 Å². The summed E-state index contributed by atoms with van der Waals surface area (Å²) >= 11 is 0. The average Bonchev–Trinajstić information content (AvgIpc) is 2.34. The Morgan fingerprint density at radius 2 is 2.05 bits per heavy atom. The molecule has 0 aromatic carbocycles. The zero-order valence-corrected chi connectivity index (χ0v) is 12.6. The molecule has 116 valence electrons. The first-order valence-electron chi connectivity index (χ1n) is 6.11. The molecular formula is C11H20N2O6S. The molecule has 0 saturated carbocycles. The fourth-order valence-electron chi connectivity index (χ4n) is 1.51. The van der Waals surface area contributed by atoms with E-state index < -0.39 is 32.7 Å². The van der Waals surface area contributed by atoms with E-state index in [1.54, 1.807) is 0 Å². The molecule has 2 N–H and O–H groups in total. The van der Waals surface area contributed by atoms with Gasteiger partial charge in [0.2, 0.25) is 0 Å². The number of carbonyl (C=O) groups is 2. The Balaban J connectivity index is 2.57. The second-order valence-electron chi connectivity index (χ2n) is 5.33. The van der Waals surface area contributed by atoms with Crippen molar-refractivity contribution in [3.63, 3.8) is 0 Å². The van der Waals surface area contributed by atoms with Gasteiger partial charge in [-0.1, -0.05) is 0 Å². The summed E-state index contributed by atoms with van der Waals surface area (Å²) in [6.07, 6.45) is 0.0614. The smallest absolute Gasteiger partial charge is 0.334 e. The van der Waals surface area contributed by atoms with Crippen LogP contribution in [-0.2, 0) is 19.4 Å². The highest BCUT2D eigenvalue weighted by Crippen LogP contribution is 2.14. The standard InChI is InChI=1S/C11H20N2O6S/c1-11(2,20(3,17)18)7-12-10(16)13-4-5-19-8(6-13)9(14)15/h8H,4-7H2,1-3H3,(H,12,16)(H,14,15). The van der Waals surface area contributed by atoms with E-state index in [4.69, 9.17) is 9.84 Å². The van der Waals surface area contributed by atoms with Crippen LogP contribution in [0.1, 0.15) is 13.8 Å². The van der Waals surface area contributed by atoms with Gasteiger partial charge in [0, 0.05) is 19.3 Å². The molecule has 9 heteroatoms. The molecule has 1 heterocycles. The number of carboxylic acids is 1. The number of hydrogen-bond acceptors (Lipinski definition) is 5. The highest BCUT2D eigenvalue weighted by Gasteiger charge is 2.33. The van der Waals surface area contributed by atoms with Crippen LogP contribution in [0.2, 0.25) is 0 Å². The van der Waals surface area contributed by atoms with E-state index in [1.165, 1.54) is 18.7 Å². The highest BCUT2D eigenvalue weighted by atomic mass is 32.2. The average molecular weight is 308 g/mol. The SMILES string of the molecule is CC(C)(CNC(=O)N1CCOC(C(=O)O)C1)S(C)(=O)=O. The molecule has 0 spiro atoms. The van der Waals surface area contributed by atoms with Crippen molar-refractivity contribution >= 4 is 21.8 Å². The van der Waals surface area contributed by atoms with E-state index >= 15 is 0 Å². The maximum atomic E-state index is 11.9. The first kappa shape index (κ1) is 16.7. The van der Waals surface area contributed by atoms with Gasteiger partial charge in [0.1, 0.15) is 0 Å². The van der Waals surface area contributed by atoms with Crippen molar-refractivity contribution in [1.82, 2.24) is 10.2 Å². The van der Waals surface area contributed by atoms with E-state index in [0.29, 0.717) is 0 Å². The summed E-state index contributed by atoms with van der Waals surface area (Å²) < 4.78 is 27.0. The van der Waals surface area contributed by atoms with Gasteiger partial charge in [0.05, 0.1) is 17.9 Å². The molecule has 8 nitrogen and oxygen atoms in total. The summed E-state index contributed by atoms with van der Waals surface area (Å²) in [5.74, 6) is -1.13. The van der Waals surface area contributed by atoms with Gasteiger partial charge >= 0.3 is 12.0 Å². The Kier molecular flexibility index (Phi) is 4.98. The van der Waals surface area contributed by atoms with Gasteiger partial charge in [-0.2, -0.15) is 0 Å². The molecule has 1 fully saturated rings. The maximum absolute atomic E-state index is 11.9. The van der Waals surface area contributed by atoms with Crippen LogP contribution in [0.25, 0.3) is 0 Å². The Hall–Kier alpha value is -1.35. The van der Waals surface area contributed by atoms with Crippen LogP contribution < -0.4 is 5.32 Å². The van der Waals surface area contributed by atoms with Crippen molar-refractivity contribution in [3.05, 3.63) is 0 Å². The van der Waals surface area contributed by atoms with Gasteiger partial charge in [0.25, 0.3) is 0 Å². The van der Waals surface area contributed by atoms with Crippen molar-refractivity contribution in [1.29, 1.82) is 0 Å². The summed E-state index contributed by atoms with van der Waals surface area (Å²) in [7, 11) is -3.31. The number of nitrogens with zero attached hydrogens (tertiary/aromatic N) is 1. The third-order valence-corrected chi connectivity index (χ3v) is 5.45. The minimum absolute atomic E-state index is 0.0419. The van der Waals surface area contributed by atoms with Gasteiger partial charge in [-0.05, 0) is 13.8 Å². The summed E-state index contributed by atoms with van der Waals surface area (Å²) in [6, 6.07) is -0.490. The monoisotopic (exact) mass is 308 g/mol. The molecule has 1 aliphatic rings. The number of aliphatic carboxylic acids is 1. The molecule has 2 amide bonds. The van der Waals surface area contributed by atoms with E-state index in [2.05, 4.69) is 5.32 Å². The lowest BCUT2D eigenvalue weighted by atomic mass is 10.2. The summed E-state index contributed by atoms with van der Waals surface area (Å²) in [5, 5.41) is 11.4. The first-order valence-corrected chi connectivity index (χ1v) is 8.00. The Labute approximate surface area is 118 Å². The first-order chi connectivity index (χ1) is 9.04. The van der Waals surface area contributed by atoms with Gasteiger partial charge < -0.3 is 20.1 Å². The number of rotatable bonds is 4. The van der Waals surface area contributed by atoms with E-state index in [0.717, 1.165) is 6.26 Å². The lowest BCUT2D eigenvalue weighted by molar-refractivity contribution is -0.154. The van der Waals surface area contributed by atoms with Gasteiger partial charge in [-0.15, -0.1) is 0 Å². The molecule has 0 aromatic rings. The van der Waals surface area contributed by atoms with Gasteiger partial charge in [-0.3, -0.25) is 0 Å². The number of ether oxygens (including phenoxy) is 1. The molecule has 1 aliphatic heterocycles. The number of carboxylic acid groups (broad SMARTS) is 1. The predicted molar refractivity (Wildman–Crippen MR) is 71.3 cm³/mol. The normalized spacial score (nSPS) is 20.6. The second-order valence-corrected chi connectivity index (χ2v) is 7.98. The molecule has 1 atom stereocenters. The van der Waals surface area contributed by atoms with Crippen LogP contribution in [0.3, 0.4) is 0 Å². The van der Waals surface area contributed by atoms with Crippen LogP contribution >= 0.6 is 0 Å². The lowest BCUT2D eigenvalue weighted by Crippen LogP contribution is -2.54. The zero-order chi connectivity index (χ0) is 15.6. The van der Waals surface area contributed by atoms with Crippen LogP contribution in [0.5, 0.6) is 0 Å². The van der Waals surface area contributed by atoms with E-state index in [1.807, 2.05) is 0 Å². The van der Waals surface area contributed by atoms with Crippen molar-refractivity contribution < 1.29 is 27.9 Å². The fourth-order valence-corrected chi connectivity index (χ4v) is 1.85. The highest BCUT2D eigenvalue weighted by molar-refractivity contribution is 7.92. The summed E-state index contributed by atoms with van der Waals surface area (Å²) in [4.78, 5) is 24.0. The predicted octanol–water partition coefficient (Wildman–Crippen LogP) is -0.695. The van der Waals surface area contributed by atoms with Crippen LogP contribution in [0.4, 0.5) is 4.79 Å². The number of urea groups is 1. The molecule has 1 rings (SSSR count). The van der Waals surface area contributed by atoms with Crippen molar-refractivity contribution in [2.75, 3.05) is 32.5 Å². The number of morpholine rings is 1. The Morgan fingerprint density at radius 1 is 1.45 bits per heavy atom. The lowest BCUT2D eigenvalue weighted by Gasteiger charge is -2.32. The molecule has 0 aliphatic carbocycles. The zero-order valence-electron chi connectivity index (χ0n) is 11.7. The molecule has 0 bridgehead atoms. The Morgan fingerprint density at radius 3 is 2.55 bits per heavy atom. The quantitative estimate of drug-likeness (QED) is 0.710. The number of hydrogen-bond donors (Lipinski definition) is 2. The molecular weight excluding hydrogens is 288 g/mol. The second kappa shape index (κ2) is 5.96. The molecule has 1 saturated heterocycles. The van der Waals surface area contributed by atoms with Crippen molar-refractivity contribution in [3.8, 4) is 0 Å². The molecule has 0 aromatic heterocycles. The number of amides is 2. The summed E-state index contributed by atoms with van der Waals surface area (Å²) in [6.45, 7) is 3.35. The van der Waals surface area contributed by atoms with Crippen molar-refractivity contribution in [2.45, 2.75) is 24.7 Å². The minimum atomic E-state index is -3.31. The van der Waals surface area contributed by atoms with E-state index in [-0.39, 0.29) is 26.2 Å². The minimum Gasteiger partial charge on any atom is -0.479 e. The van der Waals surface area contributed by atoms with Gasteiger partial charge in [0.15, 0.2) is 15.9 Å². The topological polar surface area (TPSA) is 113 Å². The van der Waals surface area contributed by atoms with Crippen LogP contribution in [-0.4, -0.2) is 73.8 Å². The van der Waals surface area contributed by atoms with Crippen LogP contribution in [0.15, 0.2) is 0 Å². The molecule has 1 unspecified atom stereocenters. The Bertz CT molecular complexity index is 487. The third-order valence-electron chi connectivity index (χ3n) is 3.30. The maximum Gasteiger partial charge on any atom is 0.334 e. The third kappa shape index (κ3) is 4.07. The molecule has 0 radical (unpaired) electrons. The van der Waals surface area contributed by atoms with Crippen molar-refractivity contribution in [2.24, 2.45) is 0 Å². The fraction of sp³-hybridized carbons (Fsp3) is 0.818. The summed E-state index contributed by atoms with van der Waals surface area (Å²) in [5.41, 5.74) is 0. The van der Waals surface area contributed by atoms with Gasteiger partial charge in [-0.25, -0.2) is 18.0 Å². The largest absolute Gasteiger partial charge is 0.479 e. The van der Waals surface area contributed by atoms with Crippen LogP contribution in [0, 0.1) is 0 Å².